The molecule has 1 aliphatic rings. The monoisotopic (exact) mass is 460 g/mol. The third kappa shape index (κ3) is 4.70. The number of hydrogen-bond acceptors (Lipinski definition) is 2. The molecule has 0 bridgehead atoms. The number of pyridine rings is 1. The summed E-state index contributed by atoms with van der Waals surface area (Å²) in [5, 5.41) is 7.72. The van der Waals surface area contributed by atoms with Crippen molar-refractivity contribution in [3.8, 4) is 0 Å². The number of rotatable bonds is 8. The summed E-state index contributed by atoms with van der Waals surface area (Å²) in [4.78, 5) is 18.0. The maximum absolute atomic E-state index is 13.2. The van der Waals surface area contributed by atoms with E-state index in [2.05, 4.69) is 80.3 Å². The Balaban J connectivity index is 1.60. The van der Waals surface area contributed by atoms with Crippen molar-refractivity contribution in [1.29, 1.82) is 0 Å². The smallest absolute Gasteiger partial charge is 0.319 e. The van der Waals surface area contributed by atoms with Gasteiger partial charge in [0.2, 0.25) is 0 Å². The zero-order valence-corrected chi connectivity index (χ0v) is 21.4. The van der Waals surface area contributed by atoms with Crippen molar-refractivity contribution < 1.29 is 4.79 Å². The SMILES string of the molecule is CCCc1cn(C2(CNC(=O)Nc3c(C(C)C)cccc3C(C)C)CCCC2)c2ncccc12. The van der Waals surface area contributed by atoms with E-state index in [0.717, 1.165) is 37.0 Å². The molecule has 1 aromatic carbocycles. The molecule has 0 unspecified atom stereocenters. The van der Waals surface area contributed by atoms with Gasteiger partial charge in [-0.1, -0.05) is 72.1 Å². The second kappa shape index (κ2) is 10.2. The fraction of sp³-hybridized carbons (Fsp3) is 0.517. The number of aryl methyl sites for hydroxylation is 1. The predicted molar refractivity (Wildman–Crippen MR) is 142 cm³/mol. The minimum atomic E-state index is -0.131. The summed E-state index contributed by atoms with van der Waals surface area (Å²) in [5.74, 6) is 0.675. The number of amides is 2. The number of carbonyl (C=O) groups is 1. The normalized spacial score (nSPS) is 15.4. The Labute approximate surface area is 204 Å². The van der Waals surface area contributed by atoms with Crippen molar-refractivity contribution in [3.05, 3.63) is 59.4 Å². The van der Waals surface area contributed by atoms with E-state index in [1.54, 1.807) is 0 Å². The van der Waals surface area contributed by atoms with E-state index in [0.29, 0.717) is 18.4 Å². The van der Waals surface area contributed by atoms with Crippen molar-refractivity contribution in [2.45, 2.75) is 90.5 Å². The highest BCUT2D eigenvalue weighted by Gasteiger charge is 2.37. The Morgan fingerprint density at radius 2 is 1.74 bits per heavy atom. The Bertz CT molecular complexity index is 1110. The van der Waals surface area contributed by atoms with E-state index >= 15 is 0 Å². The molecule has 3 aromatic rings. The predicted octanol–water partition coefficient (Wildman–Crippen LogP) is 7.33. The number of carbonyl (C=O) groups excluding carboxylic acids is 1. The van der Waals surface area contributed by atoms with Gasteiger partial charge in [-0.2, -0.15) is 0 Å². The Kier molecular flexibility index (Phi) is 7.30. The first-order valence-corrected chi connectivity index (χ1v) is 13.0. The van der Waals surface area contributed by atoms with Crippen LogP contribution in [0.3, 0.4) is 0 Å². The van der Waals surface area contributed by atoms with E-state index in [9.17, 15) is 4.79 Å². The van der Waals surface area contributed by atoms with Crippen LogP contribution >= 0.6 is 0 Å². The minimum Gasteiger partial charge on any atom is -0.335 e. The van der Waals surface area contributed by atoms with Gasteiger partial charge in [-0.05, 0) is 59.9 Å². The highest BCUT2D eigenvalue weighted by Crippen LogP contribution is 2.39. The molecule has 1 saturated carbocycles. The molecule has 0 atom stereocenters. The summed E-state index contributed by atoms with van der Waals surface area (Å²) in [6.07, 6.45) is 10.8. The summed E-state index contributed by atoms with van der Waals surface area (Å²) in [7, 11) is 0. The molecule has 0 aliphatic heterocycles. The first kappa shape index (κ1) is 24.3. The molecule has 4 rings (SSSR count). The van der Waals surface area contributed by atoms with Gasteiger partial charge in [0.25, 0.3) is 0 Å². The zero-order chi connectivity index (χ0) is 24.3. The minimum absolute atomic E-state index is 0.125. The van der Waals surface area contributed by atoms with Gasteiger partial charge < -0.3 is 15.2 Å². The second-order valence-corrected chi connectivity index (χ2v) is 10.5. The number of urea groups is 1. The van der Waals surface area contributed by atoms with E-state index in [1.807, 2.05) is 12.3 Å². The van der Waals surface area contributed by atoms with Gasteiger partial charge in [-0.25, -0.2) is 9.78 Å². The number of fused-ring (bicyclic) bond motifs is 1. The van der Waals surface area contributed by atoms with Crippen LogP contribution in [-0.2, 0) is 12.0 Å². The number of para-hydroxylation sites is 1. The Morgan fingerprint density at radius 1 is 1.06 bits per heavy atom. The van der Waals surface area contributed by atoms with Crippen LogP contribution in [0.15, 0.2) is 42.7 Å². The van der Waals surface area contributed by atoms with Crippen LogP contribution < -0.4 is 10.6 Å². The molecule has 0 radical (unpaired) electrons. The molecule has 1 aliphatic carbocycles. The number of anilines is 1. The molecule has 2 aromatic heterocycles. The summed E-state index contributed by atoms with van der Waals surface area (Å²) in [5.41, 5.74) is 5.59. The van der Waals surface area contributed by atoms with Gasteiger partial charge in [0.05, 0.1) is 5.54 Å². The van der Waals surface area contributed by atoms with Crippen LogP contribution in [0, 0.1) is 0 Å². The standard InChI is InChI=1S/C29H40N4O/c1-6-11-22-18-33(27-25(22)14-10-17-30-27)29(15-7-8-16-29)19-31-28(34)32-26-23(20(2)3)12-9-13-24(26)21(4)5/h9-10,12-14,17-18,20-21H,6-8,11,15-16,19H2,1-5H3,(H2,31,32,34). The van der Waals surface area contributed by atoms with Crippen LogP contribution in [0.2, 0.25) is 0 Å². The Hall–Kier alpha value is -2.82. The number of nitrogens with zero attached hydrogens (tertiary/aromatic N) is 2. The lowest BCUT2D eigenvalue weighted by molar-refractivity contribution is 0.239. The molecule has 2 amide bonds. The van der Waals surface area contributed by atoms with Crippen molar-refractivity contribution in [1.82, 2.24) is 14.9 Å². The third-order valence-electron chi connectivity index (χ3n) is 7.40. The van der Waals surface area contributed by atoms with E-state index in [-0.39, 0.29) is 11.6 Å². The maximum Gasteiger partial charge on any atom is 0.319 e. The summed E-state index contributed by atoms with van der Waals surface area (Å²) >= 11 is 0. The van der Waals surface area contributed by atoms with Gasteiger partial charge >= 0.3 is 6.03 Å². The molecule has 1 fully saturated rings. The Morgan fingerprint density at radius 3 is 2.35 bits per heavy atom. The van der Waals surface area contributed by atoms with Gasteiger partial charge in [-0.15, -0.1) is 0 Å². The second-order valence-electron chi connectivity index (χ2n) is 10.5. The van der Waals surface area contributed by atoms with Gasteiger partial charge in [0, 0.05) is 30.0 Å². The highest BCUT2D eigenvalue weighted by atomic mass is 16.2. The van der Waals surface area contributed by atoms with Crippen molar-refractivity contribution in [2.75, 3.05) is 11.9 Å². The zero-order valence-electron chi connectivity index (χ0n) is 21.4. The quantitative estimate of drug-likeness (QED) is 0.370. The average Bonchev–Trinajstić information content (AvgIpc) is 3.44. The van der Waals surface area contributed by atoms with Gasteiger partial charge in [-0.3, -0.25) is 0 Å². The lowest BCUT2D eigenvalue weighted by Crippen LogP contribution is -2.44. The van der Waals surface area contributed by atoms with Crippen LogP contribution in [-0.4, -0.2) is 22.1 Å². The number of benzene rings is 1. The van der Waals surface area contributed by atoms with E-state index in [4.69, 9.17) is 4.98 Å². The van der Waals surface area contributed by atoms with E-state index in [1.165, 1.54) is 34.9 Å². The van der Waals surface area contributed by atoms with Crippen molar-refractivity contribution >= 4 is 22.8 Å². The fourth-order valence-corrected chi connectivity index (χ4v) is 5.59. The highest BCUT2D eigenvalue weighted by molar-refractivity contribution is 5.91. The molecular formula is C29H40N4O. The van der Waals surface area contributed by atoms with Crippen LogP contribution in [0.1, 0.15) is 95.2 Å². The van der Waals surface area contributed by atoms with Gasteiger partial charge in [0.1, 0.15) is 5.65 Å². The maximum atomic E-state index is 13.2. The van der Waals surface area contributed by atoms with Crippen LogP contribution in [0.25, 0.3) is 11.0 Å². The van der Waals surface area contributed by atoms with Crippen molar-refractivity contribution in [2.24, 2.45) is 0 Å². The molecule has 2 N–H and O–H groups in total. The molecule has 5 heteroatoms. The first-order valence-electron chi connectivity index (χ1n) is 13.0. The molecule has 0 spiro atoms. The largest absolute Gasteiger partial charge is 0.335 e. The molecular weight excluding hydrogens is 420 g/mol. The first-order chi connectivity index (χ1) is 16.4. The fourth-order valence-electron chi connectivity index (χ4n) is 5.59. The summed E-state index contributed by atoms with van der Waals surface area (Å²) < 4.78 is 2.38. The number of aromatic nitrogens is 2. The average molecular weight is 461 g/mol. The van der Waals surface area contributed by atoms with Crippen LogP contribution in [0.5, 0.6) is 0 Å². The van der Waals surface area contributed by atoms with Crippen LogP contribution in [0.4, 0.5) is 10.5 Å². The topological polar surface area (TPSA) is 59.0 Å². The summed E-state index contributed by atoms with van der Waals surface area (Å²) in [6.45, 7) is 11.5. The lowest BCUT2D eigenvalue weighted by Gasteiger charge is -2.32. The molecule has 5 nitrogen and oxygen atoms in total. The molecule has 34 heavy (non-hydrogen) atoms. The number of hydrogen-bond donors (Lipinski definition) is 2. The lowest BCUT2D eigenvalue weighted by atomic mass is 9.92. The molecule has 2 heterocycles. The van der Waals surface area contributed by atoms with Crippen molar-refractivity contribution in [3.63, 3.8) is 0 Å². The molecule has 182 valence electrons. The van der Waals surface area contributed by atoms with E-state index < -0.39 is 0 Å². The van der Waals surface area contributed by atoms with Gasteiger partial charge in [0.15, 0.2) is 0 Å². The molecule has 0 saturated heterocycles. The third-order valence-corrected chi connectivity index (χ3v) is 7.40. The number of nitrogens with one attached hydrogen (secondary N) is 2. The summed E-state index contributed by atoms with van der Waals surface area (Å²) in [6, 6.07) is 10.4.